The van der Waals surface area contributed by atoms with Crippen molar-refractivity contribution in [2.24, 2.45) is 16.8 Å². The third-order valence-corrected chi connectivity index (χ3v) is 15.5. The van der Waals surface area contributed by atoms with Crippen LogP contribution in [0.15, 0.2) is 82.6 Å². The highest BCUT2D eigenvalue weighted by molar-refractivity contribution is 8.77. The summed E-state index contributed by atoms with van der Waals surface area (Å²) in [5.74, 6) is 2.39. The van der Waals surface area contributed by atoms with E-state index in [4.69, 9.17) is 19.5 Å². The van der Waals surface area contributed by atoms with Gasteiger partial charge in [0.2, 0.25) is 0 Å². The van der Waals surface area contributed by atoms with E-state index in [0.29, 0.717) is 41.8 Å². The average molecular weight is 903 g/mol. The second-order valence-electron chi connectivity index (χ2n) is 18.5. The molecule has 2 aliphatic heterocycles. The zero-order valence-electron chi connectivity index (χ0n) is 40.0. The number of aryl methyl sites for hydroxylation is 3. The van der Waals surface area contributed by atoms with E-state index >= 15 is 0 Å². The molecule has 1 saturated carbocycles. The molecule has 3 unspecified atom stereocenters. The average Bonchev–Trinajstić information content (AvgIpc) is 3.70. The number of benzene rings is 2. The van der Waals surface area contributed by atoms with Crippen LogP contribution in [0.3, 0.4) is 0 Å². The first-order valence-electron chi connectivity index (χ1n) is 23.2. The molecule has 0 radical (unpaired) electrons. The summed E-state index contributed by atoms with van der Waals surface area (Å²) in [7, 11) is 5.94. The SMILES string of the molecule is C/C=C1/CCC(CC)C(/C=N\c2cc(OCc3cc(CCCN(C)CC(C)(C)SSC)cc(COc4cc5c(cc4C)C(=O)N4C/C(=C/C)CC4C=C=CC5)n3)c(C)cc2C(C)=O)C1. The van der Waals surface area contributed by atoms with Gasteiger partial charge < -0.3 is 19.3 Å². The molecule has 3 aliphatic rings. The van der Waals surface area contributed by atoms with Gasteiger partial charge in [-0.05, 0) is 184 Å². The number of aromatic nitrogens is 1. The highest BCUT2D eigenvalue weighted by Gasteiger charge is 2.32. The largest absolute Gasteiger partial charge is 0.487 e. The quantitative estimate of drug-likeness (QED) is 0.0410. The lowest BCUT2D eigenvalue weighted by Crippen LogP contribution is -2.34. The van der Waals surface area contributed by atoms with Crippen molar-refractivity contribution in [3.63, 3.8) is 0 Å². The molecule has 0 bridgehead atoms. The van der Waals surface area contributed by atoms with Crippen molar-refractivity contribution >= 4 is 45.2 Å². The maximum atomic E-state index is 14.0. The van der Waals surface area contributed by atoms with E-state index in [-0.39, 0.29) is 35.7 Å². The summed E-state index contributed by atoms with van der Waals surface area (Å²) in [4.78, 5) is 41.3. The topological polar surface area (TPSA) is 84.3 Å². The molecule has 0 N–H and O–H groups in total. The van der Waals surface area contributed by atoms with Crippen LogP contribution in [0.4, 0.5) is 5.69 Å². The minimum absolute atomic E-state index is 0.0123. The number of rotatable bonds is 18. The van der Waals surface area contributed by atoms with Crippen LogP contribution >= 0.6 is 21.6 Å². The molecular weight excluding hydrogens is 833 g/mol. The van der Waals surface area contributed by atoms with Gasteiger partial charge in [-0.15, -0.1) is 5.73 Å². The third kappa shape index (κ3) is 12.9. The van der Waals surface area contributed by atoms with Gasteiger partial charge in [0.25, 0.3) is 5.91 Å². The number of ether oxygens (including phenoxy) is 2. The summed E-state index contributed by atoms with van der Waals surface area (Å²) in [6, 6.07) is 12.2. The Bertz CT molecular complexity index is 2320. The van der Waals surface area contributed by atoms with Crippen LogP contribution in [0, 0.1) is 25.7 Å². The molecule has 8 nitrogen and oxygen atoms in total. The number of carbonyl (C=O) groups is 2. The van der Waals surface area contributed by atoms with Crippen LogP contribution in [0.25, 0.3) is 0 Å². The molecule has 1 amide bonds. The number of allylic oxidation sites excluding steroid dienone is 3. The minimum Gasteiger partial charge on any atom is -0.487 e. The van der Waals surface area contributed by atoms with E-state index < -0.39 is 0 Å². The van der Waals surface area contributed by atoms with Crippen LogP contribution in [-0.2, 0) is 26.1 Å². The van der Waals surface area contributed by atoms with Gasteiger partial charge in [0.15, 0.2) is 5.78 Å². The number of ketones is 1. The lowest BCUT2D eigenvalue weighted by Gasteiger charge is -2.30. The van der Waals surface area contributed by atoms with Crippen molar-refractivity contribution in [2.75, 3.05) is 32.9 Å². The molecule has 2 aromatic carbocycles. The molecule has 3 atom stereocenters. The van der Waals surface area contributed by atoms with Crippen molar-refractivity contribution in [3.05, 3.63) is 122 Å². The lowest BCUT2D eigenvalue weighted by atomic mass is 9.76. The number of carbonyl (C=O) groups excluding carboxylic acids is 2. The molecule has 3 aromatic rings. The molecule has 2 fully saturated rings. The van der Waals surface area contributed by atoms with Gasteiger partial charge in [0.05, 0.1) is 23.1 Å². The Morgan fingerprint density at radius 1 is 1.02 bits per heavy atom. The van der Waals surface area contributed by atoms with Crippen molar-refractivity contribution in [2.45, 2.75) is 131 Å². The van der Waals surface area contributed by atoms with E-state index in [1.165, 1.54) is 23.1 Å². The molecule has 1 aromatic heterocycles. The number of hydrogen-bond acceptors (Lipinski definition) is 9. The predicted octanol–water partition coefficient (Wildman–Crippen LogP) is 12.6. The summed E-state index contributed by atoms with van der Waals surface area (Å²) in [6.07, 6.45) is 20.4. The second kappa shape index (κ2) is 22.7. The van der Waals surface area contributed by atoms with Gasteiger partial charge in [-0.2, -0.15) is 0 Å². The van der Waals surface area contributed by atoms with Crippen molar-refractivity contribution < 1.29 is 19.1 Å². The van der Waals surface area contributed by atoms with Gasteiger partial charge in [-0.1, -0.05) is 58.2 Å². The van der Waals surface area contributed by atoms with E-state index in [2.05, 4.69) is 82.1 Å². The van der Waals surface area contributed by atoms with E-state index in [0.717, 1.165) is 91.0 Å². The molecule has 342 valence electrons. The van der Waals surface area contributed by atoms with Crippen LogP contribution < -0.4 is 9.47 Å². The fourth-order valence-electron chi connectivity index (χ4n) is 9.46. The summed E-state index contributed by atoms with van der Waals surface area (Å²) in [5, 5.41) is 0. The maximum absolute atomic E-state index is 14.0. The van der Waals surface area contributed by atoms with Crippen molar-refractivity contribution in [3.8, 4) is 11.5 Å². The minimum atomic E-state index is -0.0123. The van der Waals surface area contributed by atoms with E-state index in [1.807, 2.05) is 83.7 Å². The predicted molar refractivity (Wildman–Crippen MR) is 269 cm³/mol. The summed E-state index contributed by atoms with van der Waals surface area (Å²) in [5.41, 5.74) is 13.6. The number of amides is 1. The van der Waals surface area contributed by atoms with E-state index in [9.17, 15) is 9.59 Å². The lowest BCUT2D eigenvalue weighted by molar-refractivity contribution is 0.0763. The van der Waals surface area contributed by atoms with Crippen LogP contribution in [0.1, 0.15) is 134 Å². The third-order valence-electron chi connectivity index (χ3n) is 12.9. The monoisotopic (exact) mass is 902 g/mol. The molecule has 0 spiro atoms. The van der Waals surface area contributed by atoms with Crippen LogP contribution in [0.5, 0.6) is 11.5 Å². The van der Waals surface area contributed by atoms with Crippen LogP contribution in [-0.4, -0.2) is 76.4 Å². The molecule has 10 heteroatoms. The van der Waals surface area contributed by atoms with Gasteiger partial charge in [-0.25, -0.2) is 0 Å². The van der Waals surface area contributed by atoms with Gasteiger partial charge in [0, 0.05) is 47.2 Å². The number of aliphatic imine (C=N–C) groups is 1. The Kier molecular flexibility index (Phi) is 17.4. The zero-order chi connectivity index (χ0) is 46.0. The summed E-state index contributed by atoms with van der Waals surface area (Å²) < 4.78 is 13.3. The van der Waals surface area contributed by atoms with Crippen LogP contribution in [0.2, 0.25) is 0 Å². The van der Waals surface area contributed by atoms with E-state index in [1.54, 1.807) is 6.92 Å². The first kappa shape index (κ1) is 49.1. The Morgan fingerprint density at radius 2 is 1.72 bits per heavy atom. The normalized spacial score (nSPS) is 20.2. The first-order chi connectivity index (χ1) is 30.7. The van der Waals surface area contributed by atoms with Gasteiger partial charge in [-0.3, -0.25) is 19.6 Å². The molecular formula is C54H70N4O4S2. The molecule has 3 heterocycles. The fraction of sp³-hybridized carbons (Fsp3) is 0.500. The van der Waals surface area contributed by atoms with Crippen molar-refractivity contribution in [1.29, 1.82) is 0 Å². The summed E-state index contributed by atoms with van der Waals surface area (Å²) in [6.45, 7) is 19.8. The second-order valence-corrected chi connectivity index (χ2v) is 21.7. The first-order valence-corrected chi connectivity index (χ1v) is 25.7. The zero-order valence-corrected chi connectivity index (χ0v) is 41.6. The summed E-state index contributed by atoms with van der Waals surface area (Å²) >= 11 is 0. The number of nitrogens with zero attached hydrogens (tertiary/aromatic N) is 4. The Hall–Kier alpha value is -4.34. The standard InChI is InChI=1S/C54H70N4O4S2/c1-11-39-20-21-42(13-3)44(25-39)31-55-50-30-52(36(4)23-48(50)38(6)59)62-34-46-27-41(17-16-22-57(9)35-54(7,8)64-63-10)26-45(56-46)33-61-51-29-43-18-14-15-19-47-28-40(12-2)32-58(47)53(60)49(43)24-37(51)5/h11-12,14,19,23-24,26-27,29-31,42,44,47H,13,16-18,20-22,25,28,32-35H2,1-10H3/b39-11-,40-12+,55-31-. The molecule has 6 rings (SSSR count). The highest BCUT2D eigenvalue weighted by Crippen LogP contribution is 2.37. The number of fused-ring (bicyclic) bond motifs is 2. The fourth-order valence-corrected chi connectivity index (χ4v) is 11.7. The Balaban J connectivity index is 1.23. The Labute approximate surface area is 391 Å². The Morgan fingerprint density at radius 3 is 2.39 bits per heavy atom. The molecule has 1 saturated heterocycles. The van der Waals surface area contributed by atoms with Gasteiger partial charge in [0.1, 0.15) is 24.7 Å². The molecule has 64 heavy (non-hydrogen) atoms. The van der Waals surface area contributed by atoms with Gasteiger partial charge >= 0.3 is 0 Å². The number of pyridine rings is 1. The smallest absolute Gasteiger partial charge is 0.254 e. The molecule has 1 aliphatic carbocycles. The number of Topliss-reactive ketones (excluding diaryl/α,β-unsaturated/α-hetero) is 1. The number of hydrogen-bond donors (Lipinski definition) is 0. The highest BCUT2D eigenvalue weighted by atomic mass is 33.1. The van der Waals surface area contributed by atoms with Crippen molar-refractivity contribution in [1.82, 2.24) is 14.8 Å². The maximum Gasteiger partial charge on any atom is 0.254 e.